The van der Waals surface area contributed by atoms with E-state index in [-0.39, 0.29) is 27.4 Å². The van der Waals surface area contributed by atoms with Gasteiger partial charge in [-0.3, -0.25) is 14.3 Å². The molecule has 2 amide bonds. The Morgan fingerprint density at radius 2 is 1.53 bits per heavy atom. The fourth-order valence-electron chi connectivity index (χ4n) is 2.89. The number of nitrogens with one attached hydrogen (secondary N) is 3. The third kappa shape index (κ3) is 5.66. The number of hydrogen-bond donors (Lipinski definition) is 3. The van der Waals surface area contributed by atoms with Gasteiger partial charge in [0, 0.05) is 17.3 Å². The molecular formula is C23H22ClN3O4S. The van der Waals surface area contributed by atoms with E-state index in [4.69, 9.17) is 11.6 Å². The maximum absolute atomic E-state index is 12.9. The molecule has 0 aliphatic carbocycles. The molecule has 0 bridgehead atoms. The van der Waals surface area contributed by atoms with Gasteiger partial charge in [0.25, 0.3) is 21.8 Å². The van der Waals surface area contributed by atoms with Crippen LogP contribution < -0.4 is 15.4 Å². The molecule has 9 heteroatoms. The van der Waals surface area contributed by atoms with Crippen LogP contribution in [0, 0.1) is 0 Å². The highest BCUT2D eigenvalue weighted by Gasteiger charge is 2.21. The molecule has 0 heterocycles. The number of anilines is 2. The van der Waals surface area contributed by atoms with Gasteiger partial charge in [-0.05, 0) is 56.3 Å². The van der Waals surface area contributed by atoms with Crippen LogP contribution in [0.4, 0.5) is 11.4 Å². The van der Waals surface area contributed by atoms with Gasteiger partial charge in [-0.25, -0.2) is 8.42 Å². The molecule has 0 unspecified atom stereocenters. The van der Waals surface area contributed by atoms with Gasteiger partial charge in [-0.2, -0.15) is 0 Å². The van der Waals surface area contributed by atoms with Crippen molar-refractivity contribution in [3.63, 3.8) is 0 Å². The molecule has 0 saturated carbocycles. The second-order valence-electron chi connectivity index (χ2n) is 7.24. The monoisotopic (exact) mass is 471 g/mol. The maximum atomic E-state index is 12.9. The summed E-state index contributed by atoms with van der Waals surface area (Å²) in [4.78, 5) is 25.1. The van der Waals surface area contributed by atoms with Gasteiger partial charge in [0.1, 0.15) is 4.90 Å². The van der Waals surface area contributed by atoms with Crippen molar-refractivity contribution in [3.05, 3.63) is 88.9 Å². The Bertz CT molecular complexity index is 1250. The Morgan fingerprint density at radius 3 is 2.22 bits per heavy atom. The molecule has 0 atom stereocenters. The van der Waals surface area contributed by atoms with E-state index in [1.165, 1.54) is 18.2 Å². The van der Waals surface area contributed by atoms with Gasteiger partial charge in [-0.1, -0.05) is 41.9 Å². The van der Waals surface area contributed by atoms with Crippen LogP contribution in [0.5, 0.6) is 0 Å². The van der Waals surface area contributed by atoms with Crippen LogP contribution in [0.2, 0.25) is 5.02 Å². The molecule has 0 aliphatic rings. The second-order valence-corrected chi connectivity index (χ2v) is 9.30. The standard InChI is InChI=1S/C23H22ClN3O4S/c1-15(2)25-23(29)18-10-6-7-11-20(18)26-22(28)16-12-13-19(24)21(14-16)32(30,31)27-17-8-4-3-5-9-17/h3-15,27H,1-2H3,(H,25,29)(H,26,28). The number of para-hydroxylation sites is 2. The minimum absolute atomic E-state index is 0.0262. The molecule has 3 aromatic carbocycles. The third-order valence-electron chi connectivity index (χ3n) is 4.35. The molecule has 0 radical (unpaired) electrons. The number of carbonyl (C=O) groups is 2. The zero-order chi connectivity index (χ0) is 23.3. The number of rotatable bonds is 7. The lowest BCUT2D eigenvalue weighted by molar-refractivity contribution is 0.0944. The number of hydrogen-bond acceptors (Lipinski definition) is 4. The van der Waals surface area contributed by atoms with E-state index >= 15 is 0 Å². The number of sulfonamides is 1. The van der Waals surface area contributed by atoms with Crippen LogP contribution in [0.15, 0.2) is 77.7 Å². The highest BCUT2D eigenvalue weighted by Crippen LogP contribution is 2.26. The summed E-state index contributed by atoms with van der Waals surface area (Å²) < 4.78 is 28.1. The van der Waals surface area contributed by atoms with E-state index in [1.54, 1.807) is 54.6 Å². The molecule has 3 N–H and O–H groups in total. The SMILES string of the molecule is CC(C)NC(=O)c1ccccc1NC(=O)c1ccc(Cl)c(S(=O)(=O)Nc2ccccc2)c1. The summed E-state index contributed by atoms with van der Waals surface area (Å²) in [6.45, 7) is 3.66. The van der Waals surface area contributed by atoms with Gasteiger partial charge in [0.05, 0.1) is 16.3 Å². The predicted octanol–water partition coefficient (Wildman–Crippen LogP) is 4.53. The Kier molecular flexibility index (Phi) is 7.17. The van der Waals surface area contributed by atoms with Gasteiger partial charge in [0.15, 0.2) is 0 Å². The first-order chi connectivity index (χ1) is 15.2. The molecule has 32 heavy (non-hydrogen) atoms. The topological polar surface area (TPSA) is 104 Å². The largest absolute Gasteiger partial charge is 0.350 e. The first-order valence-electron chi connectivity index (χ1n) is 9.76. The summed E-state index contributed by atoms with van der Waals surface area (Å²) >= 11 is 6.12. The predicted molar refractivity (Wildman–Crippen MR) is 126 cm³/mol. The third-order valence-corrected chi connectivity index (χ3v) is 6.21. The molecule has 166 valence electrons. The van der Waals surface area contributed by atoms with Crippen molar-refractivity contribution in [1.82, 2.24) is 5.32 Å². The van der Waals surface area contributed by atoms with Crippen molar-refractivity contribution < 1.29 is 18.0 Å². The average Bonchev–Trinajstić information content (AvgIpc) is 2.74. The molecule has 7 nitrogen and oxygen atoms in total. The first kappa shape index (κ1) is 23.3. The summed E-state index contributed by atoms with van der Waals surface area (Å²) in [7, 11) is -4.03. The van der Waals surface area contributed by atoms with E-state index in [1.807, 2.05) is 13.8 Å². The number of halogens is 1. The fraction of sp³-hybridized carbons (Fsp3) is 0.130. The Hall–Kier alpha value is -3.36. The smallest absolute Gasteiger partial charge is 0.263 e. The van der Waals surface area contributed by atoms with Crippen molar-refractivity contribution in [2.45, 2.75) is 24.8 Å². The second kappa shape index (κ2) is 9.84. The van der Waals surface area contributed by atoms with Crippen LogP contribution in [-0.2, 0) is 10.0 Å². The van der Waals surface area contributed by atoms with Gasteiger partial charge in [-0.15, -0.1) is 0 Å². The van der Waals surface area contributed by atoms with Crippen molar-refractivity contribution in [1.29, 1.82) is 0 Å². The first-order valence-corrected chi connectivity index (χ1v) is 11.6. The normalized spacial score (nSPS) is 11.1. The zero-order valence-electron chi connectivity index (χ0n) is 17.4. The van der Waals surface area contributed by atoms with E-state index in [9.17, 15) is 18.0 Å². The summed E-state index contributed by atoms with van der Waals surface area (Å²) in [6.07, 6.45) is 0. The minimum atomic E-state index is -4.03. The van der Waals surface area contributed by atoms with Crippen molar-refractivity contribution in [3.8, 4) is 0 Å². The van der Waals surface area contributed by atoms with Crippen LogP contribution in [-0.4, -0.2) is 26.3 Å². The van der Waals surface area contributed by atoms with Gasteiger partial charge >= 0.3 is 0 Å². The maximum Gasteiger partial charge on any atom is 0.263 e. The van der Waals surface area contributed by atoms with Gasteiger partial charge in [0.2, 0.25) is 0 Å². The highest BCUT2D eigenvalue weighted by molar-refractivity contribution is 7.92. The molecule has 0 fully saturated rings. The quantitative estimate of drug-likeness (QED) is 0.470. The average molecular weight is 472 g/mol. The molecule has 0 aliphatic heterocycles. The highest BCUT2D eigenvalue weighted by atomic mass is 35.5. The lowest BCUT2D eigenvalue weighted by Gasteiger charge is -2.14. The number of carbonyl (C=O) groups excluding carboxylic acids is 2. The number of amides is 2. The fourth-order valence-corrected chi connectivity index (χ4v) is 4.48. The molecular weight excluding hydrogens is 450 g/mol. The lowest BCUT2D eigenvalue weighted by atomic mass is 10.1. The number of benzene rings is 3. The van der Waals surface area contributed by atoms with E-state index in [2.05, 4.69) is 15.4 Å². The van der Waals surface area contributed by atoms with Gasteiger partial charge < -0.3 is 10.6 Å². The molecule has 0 spiro atoms. The van der Waals surface area contributed by atoms with Crippen molar-refractivity contribution >= 4 is 44.8 Å². The summed E-state index contributed by atoms with van der Waals surface area (Å²) in [5, 5.41) is 5.42. The van der Waals surface area contributed by atoms with Crippen LogP contribution in [0.25, 0.3) is 0 Å². The minimum Gasteiger partial charge on any atom is -0.350 e. The van der Waals surface area contributed by atoms with Crippen LogP contribution in [0.3, 0.4) is 0 Å². The summed E-state index contributed by atoms with van der Waals surface area (Å²) in [5.41, 5.74) is 1.03. The van der Waals surface area contributed by atoms with E-state index < -0.39 is 15.9 Å². The Balaban J connectivity index is 1.88. The van der Waals surface area contributed by atoms with Crippen molar-refractivity contribution in [2.75, 3.05) is 10.0 Å². The van der Waals surface area contributed by atoms with Crippen LogP contribution in [0.1, 0.15) is 34.6 Å². The summed E-state index contributed by atoms with van der Waals surface area (Å²) in [5.74, 6) is -0.912. The summed E-state index contributed by atoms with van der Waals surface area (Å²) in [6, 6.07) is 18.8. The lowest BCUT2D eigenvalue weighted by Crippen LogP contribution is -2.31. The Labute approximate surface area is 191 Å². The zero-order valence-corrected chi connectivity index (χ0v) is 19.0. The Morgan fingerprint density at radius 1 is 0.875 bits per heavy atom. The van der Waals surface area contributed by atoms with E-state index in [0.29, 0.717) is 16.9 Å². The molecule has 3 rings (SSSR count). The van der Waals surface area contributed by atoms with Crippen LogP contribution >= 0.6 is 11.6 Å². The molecule has 0 saturated heterocycles. The molecule has 0 aromatic heterocycles. The van der Waals surface area contributed by atoms with E-state index in [0.717, 1.165) is 0 Å². The van der Waals surface area contributed by atoms with Crippen molar-refractivity contribution in [2.24, 2.45) is 0 Å². The molecule has 3 aromatic rings.